The zero-order chi connectivity index (χ0) is 10.2. The highest BCUT2D eigenvalue weighted by molar-refractivity contribution is 6.64. The van der Waals surface area contributed by atoms with Crippen LogP contribution in [-0.2, 0) is 18.3 Å². The minimum absolute atomic E-state index is 0.393. The van der Waals surface area contributed by atoms with E-state index in [0.717, 1.165) is 0 Å². The molecular weight excluding hydrogens is 188 g/mol. The molecule has 78 valence electrons. The number of hydrogen-bond acceptors (Lipinski definition) is 4. The van der Waals surface area contributed by atoms with E-state index in [1.165, 1.54) is 0 Å². The van der Waals surface area contributed by atoms with Crippen LogP contribution in [0.3, 0.4) is 0 Å². The molecular formula is C8H18O4Si. The van der Waals surface area contributed by atoms with Gasteiger partial charge in [0.15, 0.2) is 0 Å². The number of hydrogen-bond donors (Lipinski definition) is 0. The molecule has 0 heterocycles. The van der Waals surface area contributed by atoms with E-state index >= 15 is 0 Å². The molecule has 0 rings (SSSR count). The summed E-state index contributed by atoms with van der Waals surface area (Å²) >= 11 is 0. The average molecular weight is 206 g/mol. The highest BCUT2D eigenvalue weighted by atomic mass is 28.4. The molecule has 0 aromatic heterocycles. The Morgan fingerprint density at radius 1 is 1.00 bits per heavy atom. The Morgan fingerprint density at radius 2 is 1.54 bits per heavy atom. The standard InChI is InChI=1S/C8H18O4Si/c1-9-5-7-11-13(3,4)12-8-6-10-2/h1H,5-8H2,2-4H3. The predicted octanol–water partition coefficient (Wildman–Crippen LogP) is 1.05. The average Bonchev–Trinajstić information content (AvgIpc) is 2.05. The van der Waals surface area contributed by atoms with Crippen LogP contribution >= 0.6 is 0 Å². The zero-order valence-electron chi connectivity index (χ0n) is 8.54. The zero-order valence-corrected chi connectivity index (χ0v) is 9.54. The summed E-state index contributed by atoms with van der Waals surface area (Å²) in [5, 5.41) is 0. The molecule has 0 unspecified atom stereocenters. The van der Waals surface area contributed by atoms with E-state index in [1.54, 1.807) is 7.11 Å². The molecule has 2 radical (unpaired) electrons. The molecule has 5 heteroatoms. The lowest BCUT2D eigenvalue weighted by Gasteiger charge is -2.22. The summed E-state index contributed by atoms with van der Waals surface area (Å²) in [6.45, 7) is 5.97. The van der Waals surface area contributed by atoms with Gasteiger partial charge in [0.1, 0.15) is 7.11 Å². The maximum absolute atomic E-state index is 5.51. The topological polar surface area (TPSA) is 36.9 Å². The third kappa shape index (κ3) is 8.39. The third-order valence-electron chi connectivity index (χ3n) is 1.39. The van der Waals surface area contributed by atoms with Crippen molar-refractivity contribution in [3.8, 4) is 0 Å². The van der Waals surface area contributed by atoms with E-state index in [-0.39, 0.29) is 0 Å². The summed E-state index contributed by atoms with van der Waals surface area (Å²) in [6, 6.07) is 0. The van der Waals surface area contributed by atoms with E-state index in [9.17, 15) is 0 Å². The Kier molecular flexibility index (Phi) is 7.49. The lowest BCUT2D eigenvalue weighted by Crippen LogP contribution is -2.37. The second-order valence-electron chi connectivity index (χ2n) is 2.96. The van der Waals surface area contributed by atoms with Crippen LogP contribution in [0.2, 0.25) is 13.1 Å². The van der Waals surface area contributed by atoms with Crippen molar-refractivity contribution in [1.29, 1.82) is 0 Å². The van der Waals surface area contributed by atoms with E-state index < -0.39 is 8.56 Å². The van der Waals surface area contributed by atoms with Crippen molar-refractivity contribution in [3.63, 3.8) is 0 Å². The molecule has 0 atom stereocenters. The molecule has 0 saturated carbocycles. The van der Waals surface area contributed by atoms with Gasteiger partial charge in [0.25, 0.3) is 0 Å². The van der Waals surface area contributed by atoms with Crippen LogP contribution < -0.4 is 0 Å². The van der Waals surface area contributed by atoms with Gasteiger partial charge in [0, 0.05) is 7.11 Å². The van der Waals surface area contributed by atoms with Crippen LogP contribution in [0.15, 0.2) is 0 Å². The van der Waals surface area contributed by atoms with Crippen molar-refractivity contribution in [2.45, 2.75) is 13.1 Å². The summed E-state index contributed by atoms with van der Waals surface area (Å²) in [5.41, 5.74) is 0. The molecule has 0 spiro atoms. The predicted molar refractivity (Wildman–Crippen MR) is 51.5 cm³/mol. The van der Waals surface area contributed by atoms with E-state index in [0.29, 0.717) is 26.4 Å². The van der Waals surface area contributed by atoms with Gasteiger partial charge in [-0.15, -0.1) is 0 Å². The third-order valence-corrected chi connectivity index (χ3v) is 3.19. The van der Waals surface area contributed by atoms with Crippen molar-refractivity contribution in [2.75, 3.05) is 33.5 Å². The maximum Gasteiger partial charge on any atom is 0.331 e. The summed E-state index contributed by atoms with van der Waals surface area (Å²) in [4.78, 5) is 0. The summed E-state index contributed by atoms with van der Waals surface area (Å²) in [6.07, 6.45) is 0. The summed E-state index contributed by atoms with van der Waals surface area (Å²) in [5.74, 6) is 0. The lowest BCUT2D eigenvalue weighted by atomic mass is 10.8. The molecule has 0 N–H and O–H groups in total. The van der Waals surface area contributed by atoms with Gasteiger partial charge in [-0.1, -0.05) is 0 Å². The molecule has 0 saturated heterocycles. The Labute approximate surface area is 81.4 Å². The van der Waals surface area contributed by atoms with Gasteiger partial charge in [-0.2, -0.15) is 0 Å². The van der Waals surface area contributed by atoms with Crippen LogP contribution in [0.25, 0.3) is 0 Å². The van der Waals surface area contributed by atoms with Crippen LogP contribution in [0.1, 0.15) is 0 Å². The SMILES string of the molecule is [CH]OCCO[Si](C)(C)OCCOC. The lowest BCUT2D eigenvalue weighted by molar-refractivity contribution is 0.0982. The fourth-order valence-corrected chi connectivity index (χ4v) is 1.98. The number of rotatable bonds is 8. The van der Waals surface area contributed by atoms with Crippen molar-refractivity contribution >= 4 is 8.56 Å². The number of methoxy groups -OCH3 is 1. The smallest absolute Gasteiger partial charge is 0.331 e. The van der Waals surface area contributed by atoms with Crippen LogP contribution in [0.5, 0.6) is 0 Å². The second kappa shape index (κ2) is 7.46. The van der Waals surface area contributed by atoms with Gasteiger partial charge in [0.05, 0.1) is 26.4 Å². The molecule has 4 nitrogen and oxygen atoms in total. The normalized spacial score (nSPS) is 12.0. The Hall–Kier alpha value is 0.0569. The first kappa shape index (κ1) is 13.1. The molecule has 0 aliphatic heterocycles. The molecule has 0 aromatic carbocycles. The van der Waals surface area contributed by atoms with Crippen molar-refractivity contribution in [3.05, 3.63) is 7.11 Å². The van der Waals surface area contributed by atoms with Gasteiger partial charge in [-0.05, 0) is 13.1 Å². The summed E-state index contributed by atoms with van der Waals surface area (Å²) in [7, 11) is 4.50. The number of ether oxygens (including phenoxy) is 2. The first-order valence-corrected chi connectivity index (χ1v) is 7.02. The van der Waals surface area contributed by atoms with E-state index in [4.69, 9.17) is 20.7 Å². The quantitative estimate of drug-likeness (QED) is 0.439. The van der Waals surface area contributed by atoms with Gasteiger partial charge >= 0.3 is 8.56 Å². The first-order valence-electron chi connectivity index (χ1n) is 4.21. The highest BCUT2D eigenvalue weighted by Crippen LogP contribution is 2.05. The van der Waals surface area contributed by atoms with E-state index in [2.05, 4.69) is 4.74 Å². The molecule has 0 aromatic rings. The van der Waals surface area contributed by atoms with E-state index in [1.807, 2.05) is 13.1 Å². The summed E-state index contributed by atoms with van der Waals surface area (Å²) < 4.78 is 20.2. The fraction of sp³-hybridized carbons (Fsp3) is 0.875. The Morgan fingerprint density at radius 3 is 2.00 bits per heavy atom. The monoisotopic (exact) mass is 206 g/mol. The molecule has 0 aliphatic rings. The first-order chi connectivity index (χ1) is 6.12. The fourth-order valence-electron chi connectivity index (χ4n) is 0.748. The van der Waals surface area contributed by atoms with Gasteiger partial charge in [0.2, 0.25) is 0 Å². The minimum Gasteiger partial charge on any atom is -0.392 e. The van der Waals surface area contributed by atoms with Crippen molar-refractivity contribution in [1.82, 2.24) is 0 Å². The van der Waals surface area contributed by atoms with Crippen LogP contribution in [-0.4, -0.2) is 42.1 Å². The molecule has 0 amide bonds. The Balaban J connectivity index is 3.42. The molecule has 0 aliphatic carbocycles. The maximum atomic E-state index is 5.51. The minimum atomic E-state index is -1.99. The molecule has 13 heavy (non-hydrogen) atoms. The van der Waals surface area contributed by atoms with Crippen LogP contribution in [0.4, 0.5) is 0 Å². The molecule has 0 bridgehead atoms. The second-order valence-corrected chi connectivity index (χ2v) is 6.34. The molecule has 0 fully saturated rings. The largest absolute Gasteiger partial charge is 0.392 e. The Bertz CT molecular complexity index is 107. The van der Waals surface area contributed by atoms with Gasteiger partial charge in [-0.3, -0.25) is 0 Å². The highest BCUT2D eigenvalue weighted by Gasteiger charge is 2.23. The van der Waals surface area contributed by atoms with Gasteiger partial charge in [-0.25, -0.2) is 0 Å². The van der Waals surface area contributed by atoms with Gasteiger partial charge < -0.3 is 18.3 Å². The van der Waals surface area contributed by atoms with Crippen molar-refractivity contribution < 1.29 is 18.3 Å². The van der Waals surface area contributed by atoms with Crippen LogP contribution in [0, 0.1) is 7.11 Å². The van der Waals surface area contributed by atoms with Crippen molar-refractivity contribution in [2.24, 2.45) is 0 Å².